The summed E-state index contributed by atoms with van der Waals surface area (Å²) < 4.78 is 38.4. The van der Waals surface area contributed by atoms with E-state index in [9.17, 15) is 18.0 Å². The van der Waals surface area contributed by atoms with Crippen LogP contribution < -0.4 is 10.2 Å². The van der Waals surface area contributed by atoms with Gasteiger partial charge in [-0.15, -0.1) is 0 Å². The number of carbonyl (C=O) groups is 1. The van der Waals surface area contributed by atoms with Gasteiger partial charge in [-0.2, -0.15) is 18.2 Å². The summed E-state index contributed by atoms with van der Waals surface area (Å²) in [6.45, 7) is 4.03. The van der Waals surface area contributed by atoms with Gasteiger partial charge in [0.2, 0.25) is 11.9 Å². The molecule has 9 heteroatoms. The van der Waals surface area contributed by atoms with Gasteiger partial charge in [-0.1, -0.05) is 6.07 Å². The predicted molar refractivity (Wildman–Crippen MR) is 91.2 cm³/mol. The number of hydrogen-bond donors (Lipinski definition) is 1. The lowest BCUT2D eigenvalue weighted by molar-refractivity contribution is -0.137. The summed E-state index contributed by atoms with van der Waals surface area (Å²) in [7, 11) is 0. The van der Waals surface area contributed by atoms with Crippen molar-refractivity contribution in [2.75, 3.05) is 36.4 Å². The monoisotopic (exact) mass is 365 g/mol. The summed E-state index contributed by atoms with van der Waals surface area (Å²) in [5.41, 5.74) is -0.475. The van der Waals surface area contributed by atoms with Crippen LogP contribution in [-0.4, -0.2) is 47.0 Å². The smallest absolute Gasteiger partial charge is 0.353 e. The van der Waals surface area contributed by atoms with Gasteiger partial charge in [-0.05, 0) is 24.3 Å². The molecule has 1 fully saturated rings. The molecule has 26 heavy (non-hydrogen) atoms. The topological polar surface area (TPSA) is 61.4 Å². The number of piperazine rings is 1. The Morgan fingerprint density at radius 2 is 1.88 bits per heavy atom. The van der Waals surface area contributed by atoms with Gasteiger partial charge < -0.3 is 15.1 Å². The first-order chi connectivity index (χ1) is 12.3. The molecule has 0 saturated carbocycles. The third kappa shape index (κ3) is 4.22. The fourth-order valence-electron chi connectivity index (χ4n) is 2.74. The number of alkyl halides is 3. The predicted octanol–water partition coefficient (Wildman–Crippen LogP) is 2.91. The van der Waals surface area contributed by atoms with E-state index in [0.29, 0.717) is 32.0 Å². The van der Waals surface area contributed by atoms with Crippen molar-refractivity contribution in [2.24, 2.45) is 0 Å². The molecule has 6 nitrogen and oxygen atoms in total. The maximum atomic E-state index is 12.8. The van der Waals surface area contributed by atoms with Crippen molar-refractivity contribution in [3.63, 3.8) is 0 Å². The highest BCUT2D eigenvalue weighted by Crippen LogP contribution is 2.31. The molecule has 0 atom stereocenters. The minimum absolute atomic E-state index is 0.0410. The number of halogens is 3. The van der Waals surface area contributed by atoms with Crippen LogP contribution in [0.3, 0.4) is 0 Å². The summed E-state index contributed by atoms with van der Waals surface area (Å²) in [6, 6.07) is 6.62. The van der Waals surface area contributed by atoms with Gasteiger partial charge in [0.15, 0.2) is 0 Å². The lowest BCUT2D eigenvalue weighted by Gasteiger charge is -2.34. The van der Waals surface area contributed by atoms with E-state index >= 15 is 0 Å². The zero-order valence-electron chi connectivity index (χ0n) is 14.1. The molecule has 2 heterocycles. The van der Waals surface area contributed by atoms with Crippen LogP contribution in [0.5, 0.6) is 0 Å². The van der Waals surface area contributed by atoms with E-state index in [2.05, 4.69) is 15.3 Å². The number of nitrogens with zero attached hydrogens (tertiary/aromatic N) is 4. The molecule has 1 N–H and O–H groups in total. The number of amides is 1. The van der Waals surface area contributed by atoms with E-state index in [1.54, 1.807) is 17.2 Å². The SMILES string of the molecule is CC(=O)N1CCN(c2ccnc(Nc3cccc(C(F)(F)F)c3)n2)CC1. The van der Waals surface area contributed by atoms with Gasteiger partial charge >= 0.3 is 6.18 Å². The molecule has 1 aromatic carbocycles. The van der Waals surface area contributed by atoms with Gasteiger partial charge in [0.05, 0.1) is 5.56 Å². The van der Waals surface area contributed by atoms with Gasteiger partial charge in [0.1, 0.15) is 5.82 Å². The van der Waals surface area contributed by atoms with E-state index in [0.717, 1.165) is 12.1 Å². The summed E-state index contributed by atoms with van der Waals surface area (Å²) in [4.78, 5) is 23.6. The number of hydrogen-bond acceptors (Lipinski definition) is 5. The second-order valence-electron chi connectivity index (χ2n) is 5.94. The molecule has 0 bridgehead atoms. The summed E-state index contributed by atoms with van der Waals surface area (Å²) in [6.07, 6.45) is -2.85. The normalized spacial score (nSPS) is 15.1. The Balaban J connectivity index is 1.71. The van der Waals surface area contributed by atoms with Crippen LogP contribution >= 0.6 is 0 Å². The Morgan fingerprint density at radius 3 is 2.54 bits per heavy atom. The van der Waals surface area contributed by atoms with E-state index in [4.69, 9.17) is 0 Å². The first-order valence-corrected chi connectivity index (χ1v) is 8.11. The molecule has 0 radical (unpaired) electrons. The highest BCUT2D eigenvalue weighted by molar-refractivity contribution is 5.73. The lowest BCUT2D eigenvalue weighted by Crippen LogP contribution is -2.48. The van der Waals surface area contributed by atoms with Crippen LogP contribution in [0.25, 0.3) is 0 Å². The number of aromatic nitrogens is 2. The van der Waals surface area contributed by atoms with Gasteiger partial charge in [0.25, 0.3) is 0 Å². The number of anilines is 3. The highest BCUT2D eigenvalue weighted by atomic mass is 19.4. The molecule has 1 saturated heterocycles. The van der Waals surface area contributed by atoms with Crippen molar-refractivity contribution in [3.8, 4) is 0 Å². The Labute approximate surface area is 148 Å². The largest absolute Gasteiger partial charge is 0.416 e. The van der Waals surface area contributed by atoms with Crippen molar-refractivity contribution in [1.29, 1.82) is 0 Å². The molecule has 3 rings (SSSR count). The van der Waals surface area contributed by atoms with Crippen LogP contribution in [0, 0.1) is 0 Å². The first-order valence-electron chi connectivity index (χ1n) is 8.11. The van der Waals surface area contributed by atoms with Crippen molar-refractivity contribution in [3.05, 3.63) is 42.1 Å². The first kappa shape index (κ1) is 18.0. The molecule has 1 aliphatic rings. The number of rotatable bonds is 3. The zero-order valence-corrected chi connectivity index (χ0v) is 14.1. The van der Waals surface area contributed by atoms with E-state index in [1.807, 2.05) is 4.90 Å². The highest BCUT2D eigenvalue weighted by Gasteiger charge is 2.30. The lowest BCUT2D eigenvalue weighted by atomic mass is 10.2. The summed E-state index contributed by atoms with van der Waals surface area (Å²) >= 11 is 0. The third-order valence-corrected chi connectivity index (χ3v) is 4.14. The second-order valence-corrected chi connectivity index (χ2v) is 5.94. The maximum Gasteiger partial charge on any atom is 0.416 e. The van der Waals surface area contributed by atoms with Crippen LogP contribution in [0.1, 0.15) is 12.5 Å². The summed E-state index contributed by atoms with van der Waals surface area (Å²) in [5, 5.41) is 2.81. The number of carbonyl (C=O) groups excluding carboxylic acids is 1. The molecule has 0 spiro atoms. The average molecular weight is 365 g/mol. The minimum atomic E-state index is -4.41. The van der Waals surface area contributed by atoms with Crippen molar-refractivity contribution in [2.45, 2.75) is 13.1 Å². The van der Waals surface area contributed by atoms with Gasteiger partial charge in [-0.25, -0.2) is 4.98 Å². The Hall–Kier alpha value is -2.84. The standard InChI is InChI=1S/C17H18F3N5O/c1-12(26)24-7-9-25(10-8-24)15-5-6-21-16(23-15)22-14-4-2-3-13(11-14)17(18,19)20/h2-6,11H,7-10H2,1H3,(H,21,22,23). The van der Waals surface area contributed by atoms with Crippen molar-refractivity contribution >= 4 is 23.4 Å². The van der Waals surface area contributed by atoms with E-state index < -0.39 is 11.7 Å². The number of nitrogens with one attached hydrogen (secondary N) is 1. The molecular weight excluding hydrogens is 347 g/mol. The average Bonchev–Trinajstić information content (AvgIpc) is 2.61. The Bertz CT molecular complexity index is 788. The fourth-order valence-corrected chi connectivity index (χ4v) is 2.74. The van der Waals surface area contributed by atoms with E-state index in [-0.39, 0.29) is 17.5 Å². The molecule has 0 aliphatic carbocycles. The molecule has 0 unspecified atom stereocenters. The third-order valence-electron chi connectivity index (χ3n) is 4.14. The molecule has 1 amide bonds. The quantitative estimate of drug-likeness (QED) is 0.906. The van der Waals surface area contributed by atoms with Gasteiger partial charge in [0, 0.05) is 45.0 Å². The molecule has 2 aromatic rings. The van der Waals surface area contributed by atoms with Crippen LogP contribution in [-0.2, 0) is 11.0 Å². The number of benzene rings is 1. The van der Waals surface area contributed by atoms with Gasteiger partial charge in [-0.3, -0.25) is 4.79 Å². The van der Waals surface area contributed by atoms with Crippen LogP contribution in [0.4, 0.5) is 30.6 Å². The second kappa shape index (κ2) is 7.19. The van der Waals surface area contributed by atoms with Crippen molar-refractivity contribution < 1.29 is 18.0 Å². The molecular formula is C17H18F3N5O. The van der Waals surface area contributed by atoms with Crippen LogP contribution in [0.15, 0.2) is 36.5 Å². The molecule has 1 aliphatic heterocycles. The zero-order chi connectivity index (χ0) is 18.7. The van der Waals surface area contributed by atoms with Crippen molar-refractivity contribution in [1.82, 2.24) is 14.9 Å². The Morgan fingerprint density at radius 1 is 1.15 bits per heavy atom. The van der Waals surface area contributed by atoms with Crippen LogP contribution in [0.2, 0.25) is 0 Å². The maximum absolute atomic E-state index is 12.8. The molecule has 138 valence electrons. The fraction of sp³-hybridized carbons (Fsp3) is 0.353. The summed E-state index contributed by atoms with van der Waals surface area (Å²) in [5.74, 6) is 0.924. The Kier molecular flexibility index (Phi) is 4.97. The van der Waals surface area contributed by atoms with E-state index in [1.165, 1.54) is 19.1 Å². The molecule has 1 aromatic heterocycles. The minimum Gasteiger partial charge on any atom is -0.353 e.